The summed E-state index contributed by atoms with van der Waals surface area (Å²) in [5.74, 6) is 1.44. The van der Waals surface area contributed by atoms with Gasteiger partial charge in [-0.05, 0) is 47.9 Å². The van der Waals surface area contributed by atoms with Gasteiger partial charge in [-0.3, -0.25) is 0 Å². The Morgan fingerprint density at radius 2 is 2.06 bits per heavy atom. The topological polar surface area (TPSA) is 85.4 Å². The number of fused-ring (bicyclic) bond motifs is 3. The second-order valence-electron chi connectivity index (χ2n) is 8.26. The molecule has 6 nitrogen and oxygen atoms in total. The molecule has 0 saturated carbocycles. The number of rotatable bonds is 5. The summed E-state index contributed by atoms with van der Waals surface area (Å²) in [6, 6.07) is 17.2. The largest absolute Gasteiger partial charge is 0.383 e. The van der Waals surface area contributed by atoms with Crippen molar-refractivity contribution < 1.29 is 0 Å². The van der Waals surface area contributed by atoms with E-state index in [9.17, 15) is 0 Å². The molecule has 1 unspecified atom stereocenters. The van der Waals surface area contributed by atoms with Crippen LogP contribution in [0.1, 0.15) is 29.2 Å². The lowest BCUT2D eigenvalue weighted by Crippen LogP contribution is -2.10. The normalized spacial score (nSPS) is 15.9. The van der Waals surface area contributed by atoms with Gasteiger partial charge < -0.3 is 10.7 Å². The molecule has 1 aliphatic carbocycles. The Labute approximate surface area is 190 Å². The van der Waals surface area contributed by atoms with Crippen LogP contribution in [-0.2, 0) is 13.0 Å². The molecule has 3 N–H and O–H groups in total. The second-order valence-corrected chi connectivity index (χ2v) is 9.57. The quantitative estimate of drug-likeness (QED) is 0.384. The van der Waals surface area contributed by atoms with Gasteiger partial charge in [0, 0.05) is 28.3 Å². The Hall–Kier alpha value is -3.32. The van der Waals surface area contributed by atoms with Crippen molar-refractivity contribution in [3.63, 3.8) is 0 Å². The first-order chi connectivity index (χ1) is 15.8. The molecule has 1 atom stereocenters. The van der Waals surface area contributed by atoms with E-state index < -0.39 is 0 Å². The molecule has 6 rings (SSSR count). The zero-order chi connectivity index (χ0) is 21.5. The fourth-order valence-corrected chi connectivity index (χ4v) is 6.05. The van der Waals surface area contributed by atoms with Gasteiger partial charge in [-0.25, -0.2) is 14.6 Å². The molecule has 3 aromatic heterocycles. The number of nitrogens with two attached hydrogens (primary N) is 1. The number of aryl methyl sites for hydroxylation is 2. The van der Waals surface area contributed by atoms with Crippen molar-refractivity contribution in [2.24, 2.45) is 0 Å². The number of nitrogen functional groups attached to an aromatic ring is 1. The van der Waals surface area contributed by atoms with Crippen molar-refractivity contribution in [3.05, 3.63) is 72.2 Å². The van der Waals surface area contributed by atoms with E-state index in [1.807, 2.05) is 22.6 Å². The van der Waals surface area contributed by atoms with Crippen LogP contribution in [0.25, 0.3) is 33.2 Å². The minimum atomic E-state index is 0.469. The zero-order valence-corrected chi connectivity index (χ0v) is 18.5. The summed E-state index contributed by atoms with van der Waals surface area (Å²) in [7, 11) is 0. The highest BCUT2D eigenvalue weighted by atomic mass is 32.2. The number of H-pyrrole nitrogens is 1. The van der Waals surface area contributed by atoms with Gasteiger partial charge in [-0.1, -0.05) is 36.4 Å². The molecule has 0 fully saturated rings. The molecule has 0 bridgehead atoms. The Bertz CT molecular complexity index is 1420. The van der Waals surface area contributed by atoms with Crippen molar-refractivity contribution in [3.8, 4) is 11.3 Å². The van der Waals surface area contributed by atoms with Crippen LogP contribution in [0.3, 0.4) is 0 Å². The lowest BCUT2D eigenvalue weighted by atomic mass is 9.91. The van der Waals surface area contributed by atoms with Gasteiger partial charge in [0.05, 0.1) is 11.9 Å². The lowest BCUT2D eigenvalue weighted by Gasteiger charge is -2.25. The summed E-state index contributed by atoms with van der Waals surface area (Å²) in [5.41, 5.74) is 13.0. The molecule has 7 heteroatoms. The average molecular weight is 441 g/mol. The van der Waals surface area contributed by atoms with Gasteiger partial charge in [0.15, 0.2) is 5.65 Å². The number of aromatic nitrogens is 5. The van der Waals surface area contributed by atoms with Crippen molar-refractivity contribution in [1.29, 1.82) is 0 Å². The first kappa shape index (κ1) is 19.4. The number of anilines is 1. The van der Waals surface area contributed by atoms with E-state index in [1.165, 1.54) is 42.1 Å². The molecule has 0 amide bonds. The minimum Gasteiger partial charge on any atom is -0.383 e. The van der Waals surface area contributed by atoms with E-state index >= 15 is 0 Å². The number of thioether (sulfide) groups is 1. The number of hydrogen-bond donors (Lipinski definition) is 2. The standard InChI is InChI=1S/C25H24N6S/c26-24-22-23(18-9-8-17-10-11-27-20(17)14-18)30-31(25(22)29-15-28-24)12-13-32-21-7-3-5-16-4-1-2-6-19(16)21/h1-2,4,6,8-11,14-15,21,27H,3,5,7,12-13H2,(H2,26,28,29). The minimum absolute atomic E-state index is 0.469. The van der Waals surface area contributed by atoms with Crippen molar-refractivity contribution in [2.75, 3.05) is 11.5 Å². The molecule has 0 radical (unpaired) electrons. The summed E-state index contributed by atoms with van der Waals surface area (Å²) in [5, 5.41) is 7.50. The van der Waals surface area contributed by atoms with Crippen molar-refractivity contribution in [2.45, 2.75) is 31.1 Å². The van der Waals surface area contributed by atoms with Gasteiger partial charge in [0.25, 0.3) is 0 Å². The zero-order valence-electron chi connectivity index (χ0n) is 17.7. The number of nitrogens with zero attached hydrogens (tertiary/aromatic N) is 4. The summed E-state index contributed by atoms with van der Waals surface area (Å²) in [4.78, 5) is 12.0. The van der Waals surface area contributed by atoms with E-state index in [2.05, 4.69) is 63.5 Å². The summed E-state index contributed by atoms with van der Waals surface area (Å²) < 4.78 is 1.99. The smallest absolute Gasteiger partial charge is 0.163 e. The van der Waals surface area contributed by atoms with Gasteiger partial charge in [0.2, 0.25) is 0 Å². The van der Waals surface area contributed by atoms with E-state index in [4.69, 9.17) is 10.8 Å². The predicted molar refractivity (Wildman–Crippen MR) is 132 cm³/mol. The van der Waals surface area contributed by atoms with E-state index in [-0.39, 0.29) is 0 Å². The Kier molecular flexibility index (Phi) is 4.83. The predicted octanol–water partition coefficient (Wildman–Crippen LogP) is 5.37. The highest BCUT2D eigenvalue weighted by molar-refractivity contribution is 7.99. The molecule has 1 aliphatic rings. The van der Waals surface area contributed by atoms with Crippen LogP contribution < -0.4 is 5.73 Å². The molecular formula is C25H24N6S. The molecule has 0 spiro atoms. The van der Waals surface area contributed by atoms with Gasteiger partial charge in [-0.15, -0.1) is 0 Å². The number of benzene rings is 2. The van der Waals surface area contributed by atoms with E-state index in [0.29, 0.717) is 11.1 Å². The first-order valence-corrected chi connectivity index (χ1v) is 12.1. The second kappa shape index (κ2) is 7.98. The SMILES string of the molecule is Nc1ncnc2c1c(-c1ccc3cc[nH]c3c1)nn2CCSC1CCCc2ccccc21. The monoisotopic (exact) mass is 440 g/mol. The van der Waals surface area contributed by atoms with Crippen LogP contribution in [0.5, 0.6) is 0 Å². The van der Waals surface area contributed by atoms with Crippen LogP contribution in [-0.4, -0.2) is 30.5 Å². The Morgan fingerprint density at radius 1 is 1.12 bits per heavy atom. The van der Waals surface area contributed by atoms with Gasteiger partial charge in [-0.2, -0.15) is 16.9 Å². The molecule has 3 heterocycles. The van der Waals surface area contributed by atoms with E-state index in [1.54, 1.807) is 0 Å². The highest BCUT2D eigenvalue weighted by Gasteiger charge is 2.21. The molecule has 2 aromatic carbocycles. The average Bonchev–Trinajstić information content (AvgIpc) is 3.44. The fraction of sp³-hybridized carbons (Fsp3) is 0.240. The van der Waals surface area contributed by atoms with Crippen LogP contribution in [0.2, 0.25) is 0 Å². The number of nitrogens with one attached hydrogen (secondary N) is 1. The van der Waals surface area contributed by atoms with Crippen LogP contribution >= 0.6 is 11.8 Å². The maximum atomic E-state index is 6.28. The molecular weight excluding hydrogens is 416 g/mol. The molecule has 160 valence electrons. The van der Waals surface area contributed by atoms with Crippen molar-refractivity contribution >= 4 is 39.5 Å². The summed E-state index contributed by atoms with van der Waals surface area (Å²) >= 11 is 2.02. The highest BCUT2D eigenvalue weighted by Crippen LogP contribution is 2.40. The van der Waals surface area contributed by atoms with Gasteiger partial charge >= 0.3 is 0 Å². The third-order valence-corrected chi connectivity index (χ3v) is 7.63. The summed E-state index contributed by atoms with van der Waals surface area (Å²) in [6.45, 7) is 0.779. The lowest BCUT2D eigenvalue weighted by molar-refractivity contribution is 0.663. The molecule has 0 aliphatic heterocycles. The number of aromatic amines is 1. The van der Waals surface area contributed by atoms with Crippen LogP contribution in [0.15, 0.2) is 61.1 Å². The summed E-state index contributed by atoms with van der Waals surface area (Å²) in [6.07, 6.45) is 7.16. The van der Waals surface area contributed by atoms with Crippen LogP contribution in [0, 0.1) is 0 Å². The maximum Gasteiger partial charge on any atom is 0.163 e. The Balaban J connectivity index is 1.30. The molecule has 32 heavy (non-hydrogen) atoms. The molecule has 5 aromatic rings. The Morgan fingerprint density at radius 3 is 3.03 bits per heavy atom. The molecule has 0 saturated heterocycles. The van der Waals surface area contributed by atoms with Crippen LogP contribution in [0.4, 0.5) is 5.82 Å². The van der Waals surface area contributed by atoms with E-state index in [0.717, 1.165) is 40.1 Å². The van der Waals surface area contributed by atoms with Gasteiger partial charge in [0.1, 0.15) is 17.8 Å². The van der Waals surface area contributed by atoms with Crippen molar-refractivity contribution in [1.82, 2.24) is 24.7 Å². The fourth-order valence-electron chi connectivity index (χ4n) is 4.75. The maximum absolute atomic E-state index is 6.28. The third-order valence-electron chi connectivity index (χ3n) is 6.32. The first-order valence-electron chi connectivity index (χ1n) is 11.0. The third kappa shape index (κ3) is 3.33. The number of hydrogen-bond acceptors (Lipinski definition) is 5.